The van der Waals surface area contributed by atoms with E-state index < -0.39 is 0 Å². The molecule has 7 nitrogen and oxygen atoms in total. The van der Waals surface area contributed by atoms with Crippen LogP contribution in [0.4, 0.5) is 5.69 Å². The monoisotopic (exact) mass is 430 g/mol. The highest BCUT2D eigenvalue weighted by Gasteiger charge is 2.29. The Morgan fingerprint density at radius 1 is 1.32 bits per heavy atom. The molecule has 1 aliphatic heterocycles. The first-order valence-electron chi connectivity index (χ1n) is 9.21. The van der Waals surface area contributed by atoms with Crippen molar-refractivity contribution in [2.24, 2.45) is 17.6 Å². The summed E-state index contributed by atoms with van der Waals surface area (Å²) in [4.78, 5) is 38.7. The normalized spacial score (nSPS) is 16.3. The number of rotatable bonds is 6. The number of anilines is 1. The molecule has 1 unspecified atom stereocenters. The largest absolute Gasteiger partial charge is 0.355 e. The maximum Gasteiger partial charge on any atom is 0.255 e. The van der Waals surface area contributed by atoms with Crippen molar-refractivity contribution in [2.45, 2.75) is 26.7 Å². The van der Waals surface area contributed by atoms with Gasteiger partial charge in [-0.2, -0.15) is 0 Å². The zero-order chi connectivity index (χ0) is 20.0. The van der Waals surface area contributed by atoms with Gasteiger partial charge in [-0.05, 0) is 31.0 Å². The molecule has 0 radical (unpaired) electrons. The molecule has 1 heterocycles. The van der Waals surface area contributed by atoms with Gasteiger partial charge in [0.2, 0.25) is 11.8 Å². The Bertz CT molecular complexity index is 712. The number of carbonyl (C=O) groups excluding carboxylic acids is 3. The number of piperidine rings is 1. The van der Waals surface area contributed by atoms with E-state index in [0.29, 0.717) is 42.5 Å². The van der Waals surface area contributed by atoms with E-state index in [-0.39, 0.29) is 42.0 Å². The van der Waals surface area contributed by atoms with E-state index in [1.165, 1.54) is 0 Å². The van der Waals surface area contributed by atoms with E-state index in [1.54, 1.807) is 36.9 Å². The van der Waals surface area contributed by atoms with Crippen LogP contribution in [0, 0.1) is 11.8 Å². The van der Waals surface area contributed by atoms with Crippen molar-refractivity contribution in [3.8, 4) is 0 Å². The van der Waals surface area contributed by atoms with Crippen LogP contribution in [0.15, 0.2) is 18.2 Å². The first-order chi connectivity index (χ1) is 12.8. The lowest BCUT2D eigenvalue weighted by molar-refractivity contribution is -0.126. The molecule has 0 saturated carbocycles. The topological polar surface area (TPSA) is 105 Å². The second-order valence-corrected chi connectivity index (χ2v) is 7.42. The number of carbonyl (C=O) groups is 3. The number of amides is 3. The van der Waals surface area contributed by atoms with Crippen LogP contribution < -0.4 is 16.4 Å². The van der Waals surface area contributed by atoms with E-state index in [1.807, 2.05) is 0 Å². The van der Waals surface area contributed by atoms with Crippen molar-refractivity contribution >= 4 is 47.4 Å². The van der Waals surface area contributed by atoms with Gasteiger partial charge in [-0.15, -0.1) is 12.4 Å². The van der Waals surface area contributed by atoms with E-state index >= 15 is 0 Å². The van der Waals surface area contributed by atoms with Gasteiger partial charge < -0.3 is 21.3 Å². The zero-order valence-electron chi connectivity index (χ0n) is 16.2. The summed E-state index contributed by atoms with van der Waals surface area (Å²) in [6.07, 6.45) is 1.48. The molecule has 156 valence electrons. The summed E-state index contributed by atoms with van der Waals surface area (Å²) in [5, 5.41) is 5.87. The molecule has 0 aliphatic carbocycles. The van der Waals surface area contributed by atoms with Gasteiger partial charge in [0.25, 0.3) is 5.91 Å². The van der Waals surface area contributed by atoms with Crippen LogP contribution in [-0.2, 0) is 9.59 Å². The Morgan fingerprint density at radius 2 is 2.04 bits per heavy atom. The van der Waals surface area contributed by atoms with Gasteiger partial charge in [0.15, 0.2) is 0 Å². The number of likely N-dealkylation sites (tertiary alicyclic amines) is 1. The number of nitrogens with zero attached hydrogens (tertiary/aromatic N) is 1. The molecule has 0 spiro atoms. The summed E-state index contributed by atoms with van der Waals surface area (Å²) >= 11 is 6.22. The molecular formula is C19H28Cl2N4O3. The molecule has 1 atom stereocenters. The fourth-order valence-corrected chi connectivity index (χ4v) is 3.14. The highest BCUT2D eigenvalue weighted by Crippen LogP contribution is 2.25. The summed E-state index contributed by atoms with van der Waals surface area (Å²) in [7, 11) is 0. The Kier molecular flexibility index (Phi) is 9.72. The lowest BCUT2D eigenvalue weighted by Crippen LogP contribution is -2.46. The number of hydrogen-bond acceptors (Lipinski definition) is 4. The molecule has 4 N–H and O–H groups in total. The SMILES string of the molecule is CC(C)C(=O)Nc1ccc(Cl)c(C(=O)N2CCCC(C(=O)NCCN)C2)c1.Cl. The molecule has 1 saturated heterocycles. The van der Waals surface area contributed by atoms with Crippen molar-refractivity contribution in [3.63, 3.8) is 0 Å². The van der Waals surface area contributed by atoms with Crippen LogP contribution in [0.1, 0.15) is 37.0 Å². The lowest BCUT2D eigenvalue weighted by Gasteiger charge is -2.32. The van der Waals surface area contributed by atoms with Gasteiger partial charge in [-0.1, -0.05) is 25.4 Å². The first-order valence-corrected chi connectivity index (χ1v) is 9.58. The smallest absolute Gasteiger partial charge is 0.255 e. The Balaban J connectivity index is 0.00000392. The van der Waals surface area contributed by atoms with Crippen molar-refractivity contribution in [2.75, 3.05) is 31.5 Å². The minimum Gasteiger partial charge on any atom is -0.355 e. The molecule has 0 bridgehead atoms. The minimum atomic E-state index is -0.253. The molecular weight excluding hydrogens is 403 g/mol. The number of nitrogens with two attached hydrogens (primary N) is 1. The van der Waals surface area contributed by atoms with E-state index in [4.69, 9.17) is 17.3 Å². The molecule has 1 aromatic rings. The fraction of sp³-hybridized carbons (Fsp3) is 0.526. The Labute approximate surface area is 176 Å². The quantitative estimate of drug-likeness (QED) is 0.643. The van der Waals surface area contributed by atoms with Gasteiger partial charge in [-0.25, -0.2) is 0 Å². The number of halogens is 2. The highest BCUT2D eigenvalue weighted by molar-refractivity contribution is 6.34. The van der Waals surface area contributed by atoms with Crippen LogP contribution in [0.2, 0.25) is 5.02 Å². The van der Waals surface area contributed by atoms with Crippen molar-refractivity contribution in [1.82, 2.24) is 10.2 Å². The highest BCUT2D eigenvalue weighted by atomic mass is 35.5. The Hall–Kier alpha value is -1.83. The van der Waals surface area contributed by atoms with Crippen LogP contribution in [0.3, 0.4) is 0 Å². The van der Waals surface area contributed by atoms with Crippen LogP contribution >= 0.6 is 24.0 Å². The molecule has 2 rings (SSSR count). The fourth-order valence-electron chi connectivity index (χ4n) is 2.94. The number of hydrogen-bond donors (Lipinski definition) is 3. The predicted octanol–water partition coefficient (Wildman–Crippen LogP) is 2.28. The van der Waals surface area contributed by atoms with Crippen molar-refractivity contribution < 1.29 is 14.4 Å². The maximum atomic E-state index is 13.0. The van der Waals surface area contributed by atoms with Gasteiger partial charge >= 0.3 is 0 Å². The van der Waals surface area contributed by atoms with E-state index in [0.717, 1.165) is 12.8 Å². The summed E-state index contributed by atoms with van der Waals surface area (Å²) in [5.41, 5.74) is 6.26. The number of benzene rings is 1. The van der Waals surface area contributed by atoms with Crippen LogP contribution in [-0.4, -0.2) is 48.8 Å². The lowest BCUT2D eigenvalue weighted by atomic mass is 9.96. The summed E-state index contributed by atoms with van der Waals surface area (Å²) < 4.78 is 0. The standard InChI is InChI=1S/C19H27ClN4O3.ClH/c1-12(2)17(25)23-14-5-6-16(20)15(10-14)19(27)24-9-3-4-13(11-24)18(26)22-8-7-21;/h5-6,10,12-13H,3-4,7-9,11,21H2,1-2H3,(H,22,26)(H,23,25);1H. The van der Waals surface area contributed by atoms with E-state index in [2.05, 4.69) is 10.6 Å². The average molecular weight is 431 g/mol. The van der Waals surface area contributed by atoms with Crippen LogP contribution in [0.25, 0.3) is 0 Å². The average Bonchev–Trinajstić information content (AvgIpc) is 2.67. The molecule has 9 heteroatoms. The summed E-state index contributed by atoms with van der Waals surface area (Å²) in [5.74, 6) is -0.879. The van der Waals surface area contributed by atoms with Gasteiger partial charge in [0.1, 0.15) is 0 Å². The first kappa shape index (κ1) is 24.2. The van der Waals surface area contributed by atoms with Gasteiger partial charge in [0, 0.05) is 37.8 Å². The second kappa shape index (κ2) is 11.2. The number of nitrogens with one attached hydrogen (secondary N) is 2. The van der Waals surface area contributed by atoms with E-state index in [9.17, 15) is 14.4 Å². The van der Waals surface area contributed by atoms with Gasteiger partial charge in [0.05, 0.1) is 16.5 Å². The molecule has 28 heavy (non-hydrogen) atoms. The third-order valence-electron chi connectivity index (χ3n) is 4.51. The second-order valence-electron chi connectivity index (χ2n) is 7.01. The van der Waals surface area contributed by atoms with Crippen LogP contribution in [0.5, 0.6) is 0 Å². The summed E-state index contributed by atoms with van der Waals surface area (Å²) in [6, 6.07) is 4.85. The maximum absolute atomic E-state index is 13.0. The minimum absolute atomic E-state index is 0. The van der Waals surface area contributed by atoms with Crippen molar-refractivity contribution in [3.05, 3.63) is 28.8 Å². The zero-order valence-corrected chi connectivity index (χ0v) is 17.7. The molecule has 1 aliphatic rings. The third kappa shape index (κ3) is 6.36. The van der Waals surface area contributed by atoms with Gasteiger partial charge in [-0.3, -0.25) is 14.4 Å². The van der Waals surface area contributed by atoms with Crippen molar-refractivity contribution in [1.29, 1.82) is 0 Å². The third-order valence-corrected chi connectivity index (χ3v) is 4.84. The molecule has 3 amide bonds. The molecule has 1 fully saturated rings. The predicted molar refractivity (Wildman–Crippen MR) is 113 cm³/mol. The molecule has 0 aromatic heterocycles. The Morgan fingerprint density at radius 3 is 2.68 bits per heavy atom. The summed E-state index contributed by atoms with van der Waals surface area (Å²) in [6.45, 7) is 5.30. The molecule has 1 aromatic carbocycles.